The third kappa shape index (κ3) is 2.22. The van der Waals surface area contributed by atoms with E-state index in [-0.39, 0.29) is 0 Å². The Kier molecular flexibility index (Phi) is 3.21. The van der Waals surface area contributed by atoms with E-state index >= 15 is 0 Å². The second kappa shape index (κ2) is 4.87. The minimum Gasteiger partial charge on any atom is -0.370 e. The van der Waals surface area contributed by atoms with Gasteiger partial charge in [0.1, 0.15) is 0 Å². The number of hydrogen-bond donors (Lipinski definition) is 1. The lowest BCUT2D eigenvalue weighted by Crippen LogP contribution is -2.42. The first-order valence-corrected chi connectivity index (χ1v) is 7.32. The van der Waals surface area contributed by atoms with Crippen LogP contribution in [-0.4, -0.2) is 23.4 Å². The molecule has 3 heteroatoms. The predicted molar refractivity (Wildman–Crippen MR) is 79.2 cm³/mol. The normalized spacial score (nSPS) is 24.0. The maximum Gasteiger partial charge on any atom is 0.192 e. The second-order valence-electron chi connectivity index (χ2n) is 5.92. The largest absolute Gasteiger partial charge is 0.370 e. The molecule has 1 saturated carbocycles. The van der Waals surface area contributed by atoms with Crippen LogP contribution in [0.4, 0.5) is 0 Å². The van der Waals surface area contributed by atoms with E-state index in [1.165, 1.54) is 42.4 Å². The van der Waals surface area contributed by atoms with Crippen molar-refractivity contribution in [1.29, 1.82) is 0 Å². The minimum atomic E-state index is 0.351. The molecule has 3 rings (SSSR count). The molecule has 1 aromatic rings. The molecule has 3 nitrogen and oxygen atoms in total. The minimum absolute atomic E-state index is 0.351. The van der Waals surface area contributed by atoms with Gasteiger partial charge in [-0.15, -0.1) is 0 Å². The van der Waals surface area contributed by atoms with E-state index in [0.717, 1.165) is 12.5 Å². The van der Waals surface area contributed by atoms with E-state index in [2.05, 4.69) is 41.9 Å². The van der Waals surface area contributed by atoms with Crippen molar-refractivity contribution in [2.45, 2.75) is 51.6 Å². The fourth-order valence-corrected chi connectivity index (χ4v) is 3.58. The molecule has 0 amide bonds. The maximum atomic E-state index is 6.14. The number of aryl methyl sites for hydroxylation is 2. The van der Waals surface area contributed by atoms with Crippen molar-refractivity contribution in [2.24, 2.45) is 10.7 Å². The predicted octanol–water partition coefficient (Wildman–Crippen LogP) is 2.92. The van der Waals surface area contributed by atoms with Gasteiger partial charge in [-0.05, 0) is 37.8 Å². The van der Waals surface area contributed by atoms with Crippen LogP contribution in [0.5, 0.6) is 0 Å². The van der Waals surface area contributed by atoms with Crippen LogP contribution in [0.2, 0.25) is 0 Å². The molecule has 102 valence electrons. The number of guanidine groups is 1. The van der Waals surface area contributed by atoms with E-state index in [1.807, 2.05) is 0 Å². The van der Waals surface area contributed by atoms with E-state index < -0.39 is 0 Å². The Morgan fingerprint density at radius 2 is 1.95 bits per heavy atom. The molecule has 2 aliphatic rings. The van der Waals surface area contributed by atoms with Gasteiger partial charge >= 0.3 is 0 Å². The summed E-state index contributed by atoms with van der Waals surface area (Å²) in [4.78, 5) is 6.88. The highest BCUT2D eigenvalue weighted by molar-refractivity contribution is 5.81. The van der Waals surface area contributed by atoms with Gasteiger partial charge in [0.25, 0.3) is 0 Å². The molecule has 19 heavy (non-hydrogen) atoms. The third-order valence-corrected chi connectivity index (χ3v) is 4.53. The van der Waals surface area contributed by atoms with Gasteiger partial charge in [0, 0.05) is 6.04 Å². The van der Waals surface area contributed by atoms with Gasteiger partial charge in [-0.2, -0.15) is 0 Å². The number of nitrogens with zero attached hydrogens (tertiary/aromatic N) is 2. The molecule has 1 atom stereocenters. The molecule has 0 aromatic heterocycles. The summed E-state index contributed by atoms with van der Waals surface area (Å²) in [6, 6.07) is 7.66. The van der Waals surface area contributed by atoms with E-state index in [9.17, 15) is 0 Å². The molecule has 0 saturated heterocycles. The Hall–Kier alpha value is -1.51. The monoisotopic (exact) mass is 257 g/mol. The average Bonchev–Trinajstić information content (AvgIpc) is 2.98. The summed E-state index contributed by atoms with van der Waals surface area (Å²) in [7, 11) is 0. The Bertz CT molecular complexity index is 501. The summed E-state index contributed by atoms with van der Waals surface area (Å²) < 4.78 is 0. The van der Waals surface area contributed by atoms with Crippen LogP contribution in [-0.2, 0) is 0 Å². The van der Waals surface area contributed by atoms with Crippen LogP contribution in [0.15, 0.2) is 23.2 Å². The van der Waals surface area contributed by atoms with Crippen LogP contribution in [0.25, 0.3) is 0 Å². The van der Waals surface area contributed by atoms with Crippen LogP contribution >= 0.6 is 0 Å². The topological polar surface area (TPSA) is 41.6 Å². The van der Waals surface area contributed by atoms with Gasteiger partial charge in [0.2, 0.25) is 0 Å². The molecule has 1 aliphatic carbocycles. The summed E-state index contributed by atoms with van der Waals surface area (Å²) in [6.45, 7) is 5.15. The van der Waals surface area contributed by atoms with Crippen molar-refractivity contribution in [3.63, 3.8) is 0 Å². The Morgan fingerprint density at radius 3 is 2.63 bits per heavy atom. The van der Waals surface area contributed by atoms with Crippen molar-refractivity contribution < 1.29 is 0 Å². The summed E-state index contributed by atoms with van der Waals surface area (Å²) in [6.07, 6.45) is 5.18. The van der Waals surface area contributed by atoms with Gasteiger partial charge in [-0.3, -0.25) is 4.99 Å². The Morgan fingerprint density at radius 1 is 1.21 bits per heavy atom. The zero-order valence-electron chi connectivity index (χ0n) is 11.9. The van der Waals surface area contributed by atoms with Crippen molar-refractivity contribution >= 4 is 5.96 Å². The van der Waals surface area contributed by atoms with Crippen molar-refractivity contribution in [2.75, 3.05) is 6.54 Å². The zero-order chi connectivity index (χ0) is 13.4. The van der Waals surface area contributed by atoms with E-state index in [4.69, 9.17) is 5.73 Å². The molecule has 0 spiro atoms. The number of nitrogens with two attached hydrogens (primary N) is 1. The van der Waals surface area contributed by atoms with Gasteiger partial charge in [-0.25, -0.2) is 0 Å². The zero-order valence-corrected chi connectivity index (χ0v) is 11.9. The quantitative estimate of drug-likeness (QED) is 0.885. The fraction of sp³-hybridized carbons (Fsp3) is 0.562. The molecule has 0 bridgehead atoms. The number of benzene rings is 1. The highest BCUT2D eigenvalue weighted by Gasteiger charge is 2.35. The Labute approximate surface area is 115 Å². The summed E-state index contributed by atoms with van der Waals surface area (Å²) in [5, 5.41) is 0. The highest BCUT2D eigenvalue weighted by atomic mass is 15.3. The van der Waals surface area contributed by atoms with Crippen LogP contribution in [0, 0.1) is 13.8 Å². The van der Waals surface area contributed by atoms with Crippen LogP contribution in [0.3, 0.4) is 0 Å². The van der Waals surface area contributed by atoms with Crippen molar-refractivity contribution in [3.05, 3.63) is 34.9 Å². The number of hydrogen-bond acceptors (Lipinski definition) is 3. The molecule has 1 unspecified atom stereocenters. The molecule has 1 aromatic carbocycles. The molecule has 0 radical (unpaired) electrons. The third-order valence-electron chi connectivity index (χ3n) is 4.53. The van der Waals surface area contributed by atoms with E-state index in [0.29, 0.717) is 12.1 Å². The second-order valence-corrected chi connectivity index (χ2v) is 5.92. The first-order valence-electron chi connectivity index (χ1n) is 7.32. The molecule has 1 aliphatic heterocycles. The maximum absolute atomic E-state index is 6.14. The van der Waals surface area contributed by atoms with Gasteiger partial charge in [-0.1, -0.05) is 36.6 Å². The molecular formula is C16H23N3. The average molecular weight is 257 g/mol. The van der Waals surface area contributed by atoms with Crippen LogP contribution < -0.4 is 5.73 Å². The summed E-state index contributed by atoms with van der Waals surface area (Å²) in [5.41, 5.74) is 10.2. The van der Waals surface area contributed by atoms with Gasteiger partial charge in [0.05, 0.1) is 12.6 Å². The lowest BCUT2D eigenvalue weighted by atomic mass is 9.97. The number of rotatable bonds is 2. The molecule has 1 heterocycles. The standard InChI is InChI=1S/C16H23N3/c1-11-7-8-14(12(2)9-11)15-10-18-16(17)19(15)13-5-3-4-6-13/h7-9,13,15H,3-6,10H2,1-2H3,(H2,17,18). The molecular weight excluding hydrogens is 234 g/mol. The first-order chi connectivity index (χ1) is 9.16. The summed E-state index contributed by atoms with van der Waals surface area (Å²) in [5.74, 6) is 0.747. The van der Waals surface area contributed by atoms with E-state index in [1.54, 1.807) is 0 Å². The number of aliphatic imine (C=N–C) groups is 1. The molecule has 1 fully saturated rings. The SMILES string of the molecule is Cc1ccc(C2CN=C(N)N2C2CCCC2)c(C)c1. The van der Waals surface area contributed by atoms with Crippen molar-refractivity contribution in [3.8, 4) is 0 Å². The van der Waals surface area contributed by atoms with Gasteiger partial charge < -0.3 is 10.6 Å². The lowest BCUT2D eigenvalue weighted by Gasteiger charge is -2.33. The lowest BCUT2D eigenvalue weighted by molar-refractivity contribution is 0.261. The fourth-order valence-electron chi connectivity index (χ4n) is 3.58. The highest BCUT2D eigenvalue weighted by Crippen LogP contribution is 2.35. The smallest absolute Gasteiger partial charge is 0.192 e. The van der Waals surface area contributed by atoms with Gasteiger partial charge in [0.15, 0.2) is 5.96 Å². The molecule has 2 N–H and O–H groups in total. The first kappa shape index (κ1) is 12.5. The van der Waals surface area contributed by atoms with Crippen molar-refractivity contribution in [1.82, 2.24) is 4.90 Å². The van der Waals surface area contributed by atoms with Crippen LogP contribution in [0.1, 0.15) is 48.4 Å². The summed E-state index contributed by atoms with van der Waals surface area (Å²) >= 11 is 0. The Balaban J connectivity index is 1.91.